The van der Waals surface area contributed by atoms with E-state index in [0.717, 1.165) is 5.56 Å². The normalized spacial score (nSPS) is 18.3. The first-order chi connectivity index (χ1) is 13.4. The number of carbonyl (C=O) groups is 1. The number of carbonyl (C=O) groups excluding carboxylic acids is 1. The maximum atomic E-state index is 13.2. The van der Waals surface area contributed by atoms with Gasteiger partial charge in [0.05, 0.1) is 23.8 Å². The van der Waals surface area contributed by atoms with E-state index >= 15 is 0 Å². The number of hydrogen-bond acceptors (Lipinski definition) is 5. The second kappa shape index (κ2) is 8.41. The Balaban J connectivity index is 2.03. The largest absolute Gasteiger partial charge is 0.434 e. The molecule has 0 aliphatic carbocycles. The maximum absolute atomic E-state index is 13.2. The summed E-state index contributed by atoms with van der Waals surface area (Å²) in [6.45, 7) is 5.85. The fraction of sp³-hybridized carbons (Fsp3) is 0.190. The molecule has 1 fully saturated rings. The summed E-state index contributed by atoms with van der Waals surface area (Å²) in [5, 5.41) is 0. The Bertz CT molecular complexity index is 981. The predicted octanol–water partition coefficient (Wildman–Crippen LogP) is 3.96. The van der Waals surface area contributed by atoms with Gasteiger partial charge >= 0.3 is 6.09 Å². The number of amides is 1. The Labute approximate surface area is 164 Å². The lowest BCUT2D eigenvalue weighted by atomic mass is 10.1. The summed E-state index contributed by atoms with van der Waals surface area (Å²) in [5.74, 6) is 0. The smallest absolute Gasteiger partial charge is 0.429 e. The van der Waals surface area contributed by atoms with E-state index in [4.69, 9.17) is 9.47 Å². The van der Waals surface area contributed by atoms with Crippen molar-refractivity contribution in [2.45, 2.75) is 17.9 Å². The molecule has 1 saturated heterocycles. The van der Waals surface area contributed by atoms with Crippen molar-refractivity contribution in [2.75, 3.05) is 13.2 Å². The van der Waals surface area contributed by atoms with Crippen LogP contribution in [0.4, 0.5) is 4.79 Å². The number of aryl methyl sites for hydroxylation is 1. The molecule has 1 heterocycles. The molecule has 1 amide bonds. The molecule has 1 aliphatic rings. The number of hydrogen-bond donors (Lipinski definition) is 0. The lowest BCUT2D eigenvalue weighted by Crippen LogP contribution is -2.31. The first-order valence-corrected chi connectivity index (χ1v) is 10.2. The molecule has 2 aromatic carbocycles. The summed E-state index contributed by atoms with van der Waals surface area (Å²) in [6, 6.07) is 15.3. The van der Waals surface area contributed by atoms with E-state index in [2.05, 4.69) is 6.58 Å². The minimum Gasteiger partial charge on any atom is -0.434 e. The molecule has 7 heteroatoms. The van der Waals surface area contributed by atoms with Crippen LogP contribution in [0.1, 0.15) is 17.2 Å². The molecule has 1 atom stereocenters. The molecule has 146 valence electrons. The zero-order valence-electron chi connectivity index (χ0n) is 15.4. The van der Waals surface area contributed by atoms with Crippen LogP contribution in [-0.4, -0.2) is 32.0 Å². The fourth-order valence-electron chi connectivity index (χ4n) is 2.83. The van der Waals surface area contributed by atoms with Gasteiger partial charge in [0, 0.05) is 0 Å². The third-order valence-electron chi connectivity index (χ3n) is 4.20. The van der Waals surface area contributed by atoms with Gasteiger partial charge in [0.15, 0.2) is 6.10 Å². The molecule has 1 unspecified atom stereocenters. The average Bonchev–Trinajstić information content (AvgIpc) is 3.03. The quantitative estimate of drug-likeness (QED) is 0.520. The van der Waals surface area contributed by atoms with Gasteiger partial charge in [-0.25, -0.2) is 13.2 Å². The van der Waals surface area contributed by atoms with Crippen LogP contribution in [0.5, 0.6) is 0 Å². The molecule has 28 heavy (non-hydrogen) atoms. The summed E-state index contributed by atoms with van der Waals surface area (Å²) in [5.41, 5.74) is 1.80. The Morgan fingerprint density at radius 1 is 1.11 bits per heavy atom. The summed E-state index contributed by atoms with van der Waals surface area (Å²) in [4.78, 5) is 12.6. The number of ether oxygens (including phenoxy) is 2. The summed E-state index contributed by atoms with van der Waals surface area (Å²) in [7, 11) is -4.12. The average molecular weight is 399 g/mol. The van der Waals surface area contributed by atoms with Crippen LogP contribution in [0.2, 0.25) is 0 Å². The van der Waals surface area contributed by atoms with Gasteiger partial charge in [0.25, 0.3) is 10.0 Å². The fourth-order valence-corrected chi connectivity index (χ4v) is 4.20. The van der Waals surface area contributed by atoms with E-state index in [0.29, 0.717) is 16.5 Å². The van der Waals surface area contributed by atoms with Crippen molar-refractivity contribution >= 4 is 16.1 Å². The van der Waals surface area contributed by atoms with Crippen LogP contribution in [0.25, 0.3) is 0 Å². The van der Waals surface area contributed by atoms with Crippen LogP contribution >= 0.6 is 0 Å². The van der Waals surface area contributed by atoms with E-state index in [1.807, 2.05) is 13.0 Å². The molecule has 0 bridgehead atoms. The summed E-state index contributed by atoms with van der Waals surface area (Å²) < 4.78 is 37.8. The summed E-state index contributed by atoms with van der Waals surface area (Å²) in [6.07, 6.45) is 1.37. The molecular weight excluding hydrogens is 378 g/mol. The van der Waals surface area contributed by atoms with Crippen LogP contribution < -0.4 is 0 Å². The lowest BCUT2D eigenvalue weighted by molar-refractivity contribution is 0.140. The van der Waals surface area contributed by atoms with Gasteiger partial charge in [-0.15, -0.1) is 6.58 Å². The lowest BCUT2D eigenvalue weighted by Gasteiger charge is -2.17. The minimum absolute atomic E-state index is 0.0154. The van der Waals surface area contributed by atoms with E-state index in [1.54, 1.807) is 48.6 Å². The highest BCUT2D eigenvalue weighted by Crippen LogP contribution is 2.39. The zero-order chi connectivity index (χ0) is 20.1. The summed E-state index contributed by atoms with van der Waals surface area (Å²) >= 11 is 0. The highest BCUT2D eigenvalue weighted by molar-refractivity contribution is 7.89. The van der Waals surface area contributed by atoms with Crippen LogP contribution in [0.3, 0.4) is 0 Å². The number of sulfonamides is 1. The van der Waals surface area contributed by atoms with Gasteiger partial charge in [-0.05, 0) is 30.7 Å². The number of benzene rings is 2. The van der Waals surface area contributed by atoms with Crippen LogP contribution in [0.15, 0.2) is 83.9 Å². The van der Waals surface area contributed by atoms with Gasteiger partial charge < -0.3 is 9.47 Å². The molecule has 2 aromatic rings. The van der Waals surface area contributed by atoms with Gasteiger partial charge in [-0.3, -0.25) is 0 Å². The molecular formula is C21H21NO5S. The van der Waals surface area contributed by atoms with Gasteiger partial charge in [0.1, 0.15) is 0 Å². The first-order valence-electron chi connectivity index (χ1n) is 8.71. The molecule has 0 radical (unpaired) electrons. The van der Waals surface area contributed by atoms with E-state index in [9.17, 15) is 13.2 Å². The topological polar surface area (TPSA) is 72.9 Å². The third-order valence-corrected chi connectivity index (χ3v) is 5.90. The molecule has 0 spiro atoms. The standard InChI is InChI=1S/C21H21NO5S/c1-3-14-26-15-13-19-20(17-7-5-4-6-8-17)27-21(23)22(19)28(24,25)18-11-9-16(2)10-12-18/h3-13,20H,1,14-15H2,2H3/b19-13+. The van der Waals surface area contributed by atoms with Crippen LogP contribution in [-0.2, 0) is 19.5 Å². The molecule has 0 N–H and O–H groups in total. The van der Waals surface area contributed by atoms with Crippen molar-refractivity contribution in [3.8, 4) is 0 Å². The van der Waals surface area contributed by atoms with Crippen molar-refractivity contribution < 1.29 is 22.7 Å². The third kappa shape index (κ3) is 4.00. The monoisotopic (exact) mass is 399 g/mol. The van der Waals surface area contributed by atoms with Crippen molar-refractivity contribution in [1.82, 2.24) is 4.31 Å². The second-order valence-electron chi connectivity index (χ2n) is 6.21. The Morgan fingerprint density at radius 3 is 2.43 bits per heavy atom. The Kier molecular flexibility index (Phi) is 5.96. The maximum Gasteiger partial charge on any atom is 0.429 e. The molecule has 6 nitrogen and oxygen atoms in total. The first kappa shape index (κ1) is 19.9. The molecule has 0 aromatic heterocycles. The van der Waals surface area contributed by atoms with Gasteiger partial charge in [0.2, 0.25) is 0 Å². The zero-order valence-corrected chi connectivity index (χ0v) is 16.3. The van der Waals surface area contributed by atoms with Gasteiger partial charge in [-0.2, -0.15) is 4.31 Å². The van der Waals surface area contributed by atoms with Crippen molar-refractivity contribution in [1.29, 1.82) is 0 Å². The number of cyclic esters (lactones) is 1. The van der Waals surface area contributed by atoms with Crippen molar-refractivity contribution in [3.05, 3.63) is 90.2 Å². The van der Waals surface area contributed by atoms with Crippen molar-refractivity contribution in [3.63, 3.8) is 0 Å². The Morgan fingerprint density at radius 2 is 1.79 bits per heavy atom. The van der Waals surface area contributed by atoms with E-state index < -0.39 is 22.2 Å². The molecule has 0 saturated carbocycles. The van der Waals surface area contributed by atoms with Crippen LogP contribution in [0, 0.1) is 6.92 Å². The van der Waals surface area contributed by atoms with E-state index in [-0.39, 0.29) is 17.2 Å². The Hall–Kier alpha value is -2.90. The predicted molar refractivity (Wildman–Crippen MR) is 105 cm³/mol. The highest BCUT2D eigenvalue weighted by atomic mass is 32.2. The molecule has 3 rings (SSSR count). The minimum atomic E-state index is -4.12. The highest BCUT2D eigenvalue weighted by Gasteiger charge is 2.45. The number of rotatable bonds is 7. The second-order valence-corrected chi connectivity index (χ2v) is 8.00. The van der Waals surface area contributed by atoms with Gasteiger partial charge in [-0.1, -0.05) is 54.1 Å². The van der Waals surface area contributed by atoms with E-state index in [1.165, 1.54) is 12.1 Å². The van der Waals surface area contributed by atoms with Crippen molar-refractivity contribution in [2.24, 2.45) is 0 Å². The number of nitrogens with zero attached hydrogens (tertiary/aromatic N) is 1. The molecule has 1 aliphatic heterocycles. The SMILES string of the molecule is C=CCOC/C=C1\C(c2ccccc2)OC(=O)N1S(=O)(=O)c1ccc(C)cc1.